The van der Waals surface area contributed by atoms with Crippen molar-refractivity contribution in [2.75, 3.05) is 10.6 Å². The van der Waals surface area contributed by atoms with Crippen molar-refractivity contribution in [3.63, 3.8) is 0 Å². The summed E-state index contributed by atoms with van der Waals surface area (Å²) in [6.45, 7) is 0. The summed E-state index contributed by atoms with van der Waals surface area (Å²) in [6.07, 6.45) is 9.39. The molecule has 14 heteroatoms. The van der Waals surface area contributed by atoms with Crippen molar-refractivity contribution in [1.29, 1.82) is 0 Å². The maximum Gasteiger partial charge on any atom is 0.323 e. The number of imidazole rings is 1. The van der Waals surface area contributed by atoms with Crippen molar-refractivity contribution in [1.82, 2.24) is 44.1 Å². The van der Waals surface area contributed by atoms with E-state index in [0.717, 1.165) is 0 Å². The molecule has 0 aliphatic heterocycles. The summed E-state index contributed by atoms with van der Waals surface area (Å²) >= 11 is 12.3. The summed E-state index contributed by atoms with van der Waals surface area (Å²) in [5.41, 5.74) is 1.78. The molecule has 0 aliphatic rings. The van der Waals surface area contributed by atoms with E-state index >= 15 is 0 Å². The zero-order valence-electron chi connectivity index (χ0n) is 16.3. The van der Waals surface area contributed by atoms with Gasteiger partial charge >= 0.3 is 6.03 Å². The number of fused-ring (bicyclic) bond motifs is 1. The molecule has 2 N–H and O–H groups in total. The molecule has 5 rings (SSSR count). The number of aromatic nitrogens is 9. The average Bonchev–Trinajstić information content (AvgIpc) is 3.49. The summed E-state index contributed by atoms with van der Waals surface area (Å²) in [4.78, 5) is 26.9. The van der Waals surface area contributed by atoms with E-state index in [0.29, 0.717) is 34.4 Å². The Bertz CT molecular complexity index is 1440. The number of hydrogen-bond donors (Lipinski definition) is 2. The summed E-state index contributed by atoms with van der Waals surface area (Å²) in [6, 6.07) is 2.62. The van der Waals surface area contributed by atoms with Crippen LogP contribution in [0, 0.1) is 0 Å². The second-order valence-electron chi connectivity index (χ2n) is 6.55. The molecule has 5 aromatic rings. The highest BCUT2D eigenvalue weighted by atomic mass is 35.5. The van der Waals surface area contributed by atoms with Crippen LogP contribution in [0.25, 0.3) is 23.0 Å². The third kappa shape index (κ3) is 3.61. The number of aryl methyl sites for hydroxylation is 1. The third-order valence-corrected chi connectivity index (χ3v) is 4.89. The molecule has 0 saturated carbocycles. The molecule has 0 bridgehead atoms. The fraction of sp³-hybridized carbons (Fsp3) is 0.0556. The van der Waals surface area contributed by atoms with Crippen LogP contribution >= 0.6 is 23.2 Å². The molecular weight excluding hydrogens is 457 g/mol. The Morgan fingerprint density at radius 3 is 2.53 bits per heavy atom. The molecule has 0 atom stereocenters. The van der Waals surface area contributed by atoms with E-state index in [1.807, 2.05) is 7.05 Å². The predicted octanol–water partition coefficient (Wildman–Crippen LogP) is 3.06. The molecule has 160 valence electrons. The van der Waals surface area contributed by atoms with Crippen LogP contribution in [-0.4, -0.2) is 50.2 Å². The van der Waals surface area contributed by atoms with Crippen molar-refractivity contribution in [2.24, 2.45) is 7.05 Å². The molecule has 0 aromatic carbocycles. The van der Waals surface area contributed by atoms with Crippen LogP contribution in [0.15, 0.2) is 49.3 Å². The number of halogens is 2. The summed E-state index contributed by atoms with van der Waals surface area (Å²) < 4.78 is 3.31. The minimum absolute atomic E-state index is 0.266. The molecule has 0 aliphatic carbocycles. The Labute approximate surface area is 189 Å². The minimum Gasteiger partial charge on any atom is -0.333 e. The lowest BCUT2D eigenvalue weighted by molar-refractivity contribution is 0.262. The number of hydrogen-bond acceptors (Lipinski definition) is 7. The number of nitrogens with one attached hydrogen (secondary N) is 2. The Balaban J connectivity index is 1.44. The first-order chi connectivity index (χ1) is 15.5. The SMILES string of the molecule is Cn1ccnc1-c1c(NC(=O)Nc2cnc(-n3nccn3)c(Cl)c2)cnc2cc(Cl)nn12. The minimum atomic E-state index is -0.539. The number of nitrogens with zero attached hydrogens (tertiary/aromatic N) is 9. The van der Waals surface area contributed by atoms with E-state index in [1.165, 1.54) is 34.1 Å². The zero-order valence-corrected chi connectivity index (χ0v) is 17.8. The van der Waals surface area contributed by atoms with Crippen LogP contribution < -0.4 is 10.6 Å². The van der Waals surface area contributed by atoms with Crippen LogP contribution in [0.4, 0.5) is 16.2 Å². The first-order valence-electron chi connectivity index (χ1n) is 9.12. The maximum atomic E-state index is 12.7. The number of amides is 2. The van der Waals surface area contributed by atoms with Gasteiger partial charge in [-0.15, -0.1) is 4.80 Å². The third-order valence-electron chi connectivity index (χ3n) is 4.42. The van der Waals surface area contributed by atoms with Crippen LogP contribution in [0.5, 0.6) is 0 Å². The Hall–Kier alpha value is -4.03. The monoisotopic (exact) mass is 469 g/mol. The maximum absolute atomic E-state index is 12.7. The summed E-state index contributed by atoms with van der Waals surface area (Å²) in [5.74, 6) is 0.901. The molecule has 0 unspecified atom stereocenters. The number of rotatable bonds is 4. The van der Waals surface area contributed by atoms with Crippen LogP contribution in [-0.2, 0) is 7.05 Å². The molecule has 0 saturated heterocycles. The van der Waals surface area contributed by atoms with Gasteiger partial charge in [-0.3, -0.25) is 0 Å². The quantitative estimate of drug-likeness (QED) is 0.413. The standard InChI is InChI=1S/C18H13Cl2N11O/c1-29-5-4-21-17(29)15-12(9-22-14-7-13(20)28-30(14)15)27-18(32)26-10-6-11(19)16(23-8-10)31-24-2-3-25-31/h2-9H,1H3,(H2,26,27,32). The van der Waals surface area contributed by atoms with E-state index in [2.05, 4.69) is 40.9 Å². The zero-order chi connectivity index (χ0) is 22.2. The summed E-state index contributed by atoms with van der Waals surface area (Å²) in [7, 11) is 1.83. The number of carbonyl (C=O) groups is 1. The lowest BCUT2D eigenvalue weighted by Gasteiger charge is -2.13. The van der Waals surface area contributed by atoms with Gasteiger partial charge in [0, 0.05) is 25.5 Å². The highest BCUT2D eigenvalue weighted by Crippen LogP contribution is 2.28. The van der Waals surface area contributed by atoms with Crippen molar-refractivity contribution < 1.29 is 4.79 Å². The second-order valence-corrected chi connectivity index (χ2v) is 7.34. The van der Waals surface area contributed by atoms with E-state index in [4.69, 9.17) is 23.2 Å². The molecule has 0 radical (unpaired) electrons. The molecule has 12 nitrogen and oxygen atoms in total. The van der Waals surface area contributed by atoms with E-state index < -0.39 is 6.03 Å². The molecule has 5 aromatic heterocycles. The fourth-order valence-electron chi connectivity index (χ4n) is 3.06. The largest absolute Gasteiger partial charge is 0.333 e. The van der Waals surface area contributed by atoms with E-state index in [9.17, 15) is 4.79 Å². The average molecular weight is 470 g/mol. The Morgan fingerprint density at radius 2 is 1.81 bits per heavy atom. The van der Waals surface area contributed by atoms with Gasteiger partial charge in [-0.25, -0.2) is 24.3 Å². The highest BCUT2D eigenvalue weighted by Gasteiger charge is 2.19. The fourth-order valence-corrected chi connectivity index (χ4v) is 3.48. The topological polar surface area (TPSA) is 133 Å². The van der Waals surface area contributed by atoms with Crippen molar-refractivity contribution in [2.45, 2.75) is 0 Å². The smallest absolute Gasteiger partial charge is 0.323 e. The van der Waals surface area contributed by atoms with E-state index in [1.54, 1.807) is 29.1 Å². The molecule has 0 fully saturated rings. The van der Waals surface area contributed by atoms with Gasteiger partial charge in [-0.1, -0.05) is 23.2 Å². The van der Waals surface area contributed by atoms with Gasteiger partial charge in [0.15, 0.2) is 22.4 Å². The van der Waals surface area contributed by atoms with Crippen molar-refractivity contribution in [3.8, 4) is 17.3 Å². The van der Waals surface area contributed by atoms with E-state index in [-0.39, 0.29) is 10.2 Å². The Kier molecular flexibility index (Phi) is 4.92. The summed E-state index contributed by atoms with van der Waals surface area (Å²) in [5, 5.41) is 18.2. The number of pyridine rings is 1. The lowest BCUT2D eigenvalue weighted by Crippen LogP contribution is -2.21. The normalized spacial score (nSPS) is 11.1. The van der Waals surface area contributed by atoms with Crippen LogP contribution in [0.1, 0.15) is 0 Å². The predicted molar refractivity (Wildman–Crippen MR) is 117 cm³/mol. The second kappa shape index (κ2) is 7.90. The van der Waals surface area contributed by atoms with Gasteiger partial charge in [0.1, 0.15) is 5.69 Å². The van der Waals surface area contributed by atoms with Crippen molar-refractivity contribution in [3.05, 3.63) is 59.5 Å². The van der Waals surface area contributed by atoms with Gasteiger partial charge in [-0.05, 0) is 6.07 Å². The number of urea groups is 1. The lowest BCUT2D eigenvalue weighted by atomic mass is 10.3. The van der Waals surface area contributed by atoms with Crippen LogP contribution in [0.2, 0.25) is 10.2 Å². The van der Waals surface area contributed by atoms with Crippen LogP contribution in [0.3, 0.4) is 0 Å². The molecule has 2 amide bonds. The molecule has 32 heavy (non-hydrogen) atoms. The number of carbonyl (C=O) groups excluding carboxylic acids is 1. The van der Waals surface area contributed by atoms with Gasteiger partial charge in [0.25, 0.3) is 0 Å². The van der Waals surface area contributed by atoms with Gasteiger partial charge in [0.2, 0.25) is 0 Å². The molecule has 5 heterocycles. The van der Waals surface area contributed by atoms with Gasteiger partial charge in [0.05, 0.1) is 41.2 Å². The van der Waals surface area contributed by atoms with Crippen molar-refractivity contribution >= 4 is 46.3 Å². The first-order valence-corrected chi connectivity index (χ1v) is 9.87. The Morgan fingerprint density at radius 1 is 1.00 bits per heavy atom. The number of anilines is 2. The highest BCUT2D eigenvalue weighted by molar-refractivity contribution is 6.32. The first kappa shape index (κ1) is 19.9. The molecule has 0 spiro atoms. The molecular formula is C18H13Cl2N11O. The van der Waals surface area contributed by atoms with Gasteiger partial charge < -0.3 is 15.2 Å². The van der Waals surface area contributed by atoms with Gasteiger partial charge in [-0.2, -0.15) is 15.3 Å².